The third kappa shape index (κ3) is 7.94. The third-order valence-corrected chi connectivity index (χ3v) is 4.61. The maximum absolute atomic E-state index is 12.9. The summed E-state index contributed by atoms with van der Waals surface area (Å²) in [6.45, 7) is 0.0166. The number of alkyl halides is 3. The second kappa shape index (κ2) is 9.83. The Bertz CT molecular complexity index is 1050. The van der Waals surface area contributed by atoms with E-state index in [0.29, 0.717) is 5.46 Å². The van der Waals surface area contributed by atoms with E-state index in [-0.39, 0.29) is 17.9 Å². The van der Waals surface area contributed by atoms with Gasteiger partial charge >= 0.3 is 18.2 Å². The number of carbonyl (C=O) groups is 2. The van der Waals surface area contributed by atoms with E-state index in [1.807, 2.05) is 0 Å². The van der Waals surface area contributed by atoms with E-state index in [1.54, 1.807) is 30.3 Å². The van der Waals surface area contributed by atoms with E-state index in [9.17, 15) is 31.2 Å². The second-order valence-corrected chi connectivity index (χ2v) is 7.90. The minimum absolute atomic E-state index is 0.0166. The summed E-state index contributed by atoms with van der Waals surface area (Å²) in [5, 5.41) is 2.44. The first-order valence-electron chi connectivity index (χ1n) is 8.66. The molecule has 0 saturated carbocycles. The van der Waals surface area contributed by atoms with E-state index >= 15 is 0 Å². The Hall–Kier alpha value is -3.06. The van der Waals surface area contributed by atoms with Crippen molar-refractivity contribution in [2.45, 2.75) is 18.9 Å². The lowest BCUT2D eigenvalue weighted by atomic mass is 9.92. The van der Waals surface area contributed by atoms with E-state index in [1.165, 1.54) is 13.9 Å². The van der Waals surface area contributed by atoms with Crippen molar-refractivity contribution in [3.8, 4) is 0 Å². The standard InChI is InChI=1S/C18H17BF3NO7S/c19-13-8-12(16(24)30-15(18(20,21)22)10-31(26,27)28)6-7-14(13)23-17(25)29-9-11-4-2-1-3-5-11/h1-8,15H,9-10,19H2,(H,23,25)(H,26,27,28). The molecule has 0 aliphatic carbocycles. The van der Waals surface area contributed by atoms with Crippen LogP contribution in [0.1, 0.15) is 15.9 Å². The van der Waals surface area contributed by atoms with Crippen LogP contribution in [-0.4, -0.2) is 50.9 Å². The zero-order chi connectivity index (χ0) is 23.2. The van der Waals surface area contributed by atoms with Gasteiger partial charge in [0.2, 0.25) is 6.10 Å². The van der Waals surface area contributed by atoms with Gasteiger partial charge in [0.25, 0.3) is 10.1 Å². The number of hydrogen-bond acceptors (Lipinski definition) is 6. The summed E-state index contributed by atoms with van der Waals surface area (Å²) in [5.74, 6) is -3.28. The lowest BCUT2D eigenvalue weighted by Crippen LogP contribution is -2.39. The molecule has 0 bridgehead atoms. The zero-order valence-corrected chi connectivity index (χ0v) is 16.9. The Kier molecular flexibility index (Phi) is 7.68. The lowest BCUT2D eigenvalue weighted by molar-refractivity contribution is -0.197. The van der Waals surface area contributed by atoms with Crippen LogP contribution in [0.3, 0.4) is 0 Å². The van der Waals surface area contributed by atoms with Gasteiger partial charge in [-0.3, -0.25) is 9.87 Å². The molecular formula is C18H17BF3NO7S. The molecule has 0 saturated heterocycles. The van der Waals surface area contributed by atoms with Crippen LogP contribution in [0.2, 0.25) is 0 Å². The largest absolute Gasteiger partial charge is 0.448 e. The number of esters is 1. The first-order valence-corrected chi connectivity index (χ1v) is 10.3. The monoisotopic (exact) mass is 459 g/mol. The Morgan fingerprint density at radius 2 is 1.77 bits per heavy atom. The molecule has 1 unspecified atom stereocenters. The number of carbonyl (C=O) groups excluding carboxylic acids is 2. The third-order valence-electron chi connectivity index (χ3n) is 3.89. The molecule has 8 nitrogen and oxygen atoms in total. The molecule has 1 amide bonds. The number of halogens is 3. The first kappa shape index (κ1) is 24.2. The molecule has 2 aromatic carbocycles. The number of nitrogens with one attached hydrogen (secondary N) is 1. The zero-order valence-electron chi connectivity index (χ0n) is 16.0. The Labute approximate surface area is 176 Å². The fourth-order valence-corrected chi connectivity index (χ4v) is 3.02. The molecule has 2 rings (SSSR count). The van der Waals surface area contributed by atoms with E-state index in [4.69, 9.17) is 9.29 Å². The summed E-state index contributed by atoms with van der Waals surface area (Å²) in [5.41, 5.74) is 0.992. The number of amides is 1. The molecule has 2 aromatic rings. The van der Waals surface area contributed by atoms with E-state index < -0.39 is 40.2 Å². The molecule has 0 heterocycles. The molecular weight excluding hydrogens is 442 g/mol. The highest BCUT2D eigenvalue weighted by Crippen LogP contribution is 2.25. The number of hydrogen-bond donors (Lipinski definition) is 2. The molecule has 0 spiro atoms. The SMILES string of the molecule is Bc1cc(C(=O)OC(CS(=O)(=O)O)C(F)(F)F)ccc1NC(=O)OCc1ccccc1. The van der Waals surface area contributed by atoms with Crippen LogP contribution in [0.15, 0.2) is 48.5 Å². The molecule has 0 aliphatic rings. The smallest absolute Gasteiger partial charge is 0.426 e. The van der Waals surface area contributed by atoms with E-state index in [2.05, 4.69) is 10.1 Å². The van der Waals surface area contributed by atoms with Gasteiger partial charge in [-0.2, -0.15) is 21.6 Å². The van der Waals surface area contributed by atoms with Gasteiger partial charge in [-0.05, 0) is 17.7 Å². The molecule has 0 radical (unpaired) electrons. The summed E-state index contributed by atoms with van der Waals surface area (Å²) >= 11 is 0. The summed E-state index contributed by atoms with van der Waals surface area (Å²) < 4.78 is 78.1. The fourth-order valence-electron chi connectivity index (χ4n) is 2.38. The van der Waals surface area contributed by atoms with Gasteiger partial charge < -0.3 is 9.47 Å². The van der Waals surface area contributed by atoms with Gasteiger partial charge in [0.15, 0.2) is 0 Å². The van der Waals surface area contributed by atoms with Crippen LogP contribution in [0.4, 0.5) is 23.7 Å². The molecule has 1 atom stereocenters. The van der Waals surface area contributed by atoms with Crippen molar-refractivity contribution in [3.63, 3.8) is 0 Å². The molecule has 0 fully saturated rings. The molecule has 31 heavy (non-hydrogen) atoms. The minimum Gasteiger partial charge on any atom is -0.448 e. The molecule has 13 heteroatoms. The summed E-state index contributed by atoms with van der Waals surface area (Å²) in [6.07, 6.45) is -9.03. The lowest BCUT2D eigenvalue weighted by Gasteiger charge is -2.19. The van der Waals surface area contributed by atoms with Crippen LogP contribution in [0.5, 0.6) is 0 Å². The van der Waals surface area contributed by atoms with Crippen molar-refractivity contribution in [1.29, 1.82) is 0 Å². The number of rotatable bonds is 7. The predicted molar refractivity (Wildman–Crippen MR) is 107 cm³/mol. The van der Waals surface area contributed by atoms with Crippen LogP contribution in [0.25, 0.3) is 0 Å². The molecule has 166 valence electrons. The number of anilines is 1. The predicted octanol–water partition coefficient (Wildman–Crippen LogP) is 1.67. The molecule has 0 aromatic heterocycles. The van der Waals surface area contributed by atoms with Crippen LogP contribution >= 0.6 is 0 Å². The second-order valence-electron chi connectivity index (χ2n) is 6.40. The first-order chi connectivity index (χ1) is 14.3. The van der Waals surface area contributed by atoms with Crippen molar-refractivity contribution in [2.75, 3.05) is 11.1 Å². The summed E-state index contributed by atoms with van der Waals surface area (Å²) in [6, 6.07) is 12.4. The average molecular weight is 459 g/mol. The van der Waals surface area contributed by atoms with Crippen molar-refractivity contribution in [3.05, 3.63) is 59.7 Å². The van der Waals surface area contributed by atoms with Gasteiger partial charge in [0.1, 0.15) is 20.2 Å². The topological polar surface area (TPSA) is 119 Å². The van der Waals surface area contributed by atoms with Crippen LogP contribution in [-0.2, 0) is 26.2 Å². The van der Waals surface area contributed by atoms with Gasteiger partial charge in [-0.25, -0.2) is 9.59 Å². The molecule has 2 N–H and O–H groups in total. The van der Waals surface area contributed by atoms with Gasteiger partial charge in [-0.15, -0.1) is 0 Å². The Morgan fingerprint density at radius 3 is 2.32 bits per heavy atom. The van der Waals surface area contributed by atoms with Crippen LogP contribution in [0, 0.1) is 0 Å². The highest BCUT2D eigenvalue weighted by molar-refractivity contribution is 7.85. The number of ether oxygens (including phenoxy) is 2. The van der Waals surface area contributed by atoms with Crippen molar-refractivity contribution in [1.82, 2.24) is 0 Å². The van der Waals surface area contributed by atoms with Crippen molar-refractivity contribution < 1.29 is 45.2 Å². The maximum atomic E-state index is 12.9. The van der Waals surface area contributed by atoms with Gasteiger partial charge in [0, 0.05) is 5.69 Å². The maximum Gasteiger partial charge on any atom is 0.426 e. The average Bonchev–Trinajstić information content (AvgIpc) is 2.66. The highest BCUT2D eigenvalue weighted by Gasteiger charge is 2.45. The van der Waals surface area contributed by atoms with Crippen molar-refractivity contribution >= 4 is 41.2 Å². The van der Waals surface area contributed by atoms with Gasteiger partial charge in [0.05, 0.1) is 5.56 Å². The molecule has 0 aliphatic heterocycles. The van der Waals surface area contributed by atoms with E-state index in [0.717, 1.165) is 17.7 Å². The van der Waals surface area contributed by atoms with Crippen LogP contribution < -0.4 is 10.8 Å². The Morgan fingerprint density at radius 1 is 1.13 bits per heavy atom. The summed E-state index contributed by atoms with van der Waals surface area (Å²) in [4.78, 5) is 23.9. The van der Waals surface area contributed by atoms with Gasteiger partial charge in [-0.1, -0.05) is 41.9 Å². The van der Waals surface area contributed by atoms with Crippen molar-refractivity contribution in [2.24, 2.45) is 0 Å². The quantitative estimate of drug-likeness (QED) is 0.367. The highest BCUT2D eigenvalue weighted by atomic mass is 32.2. The number of benzene rings is 2. The normalized spacial score (nSPS) is 12.6. The minimum atomic E-state index is -5.20. The fraction of sp³-hybridized carbons (Fsp3) is 0.222. The summed E-state index contributed by atoms with van der Waals surface area (Å²) in [7, 11) is -3.57. The Balaban J connectivity index is 2.03.